The minimum atomic E-state index is -2.93. The molecule has 2 rings (SSSR count). The van der Waals surface area contributed by atoms with E-state index in [1.54, 1.807) is 0 Å². The van der Waals surface area contributed by atoms with Gasteiger partial charge in [0, 0.05) is 18.3 Å². The highest BCUT2D eigenvalue weighted by Gasteiger charge is 2.33. The normalized spacial score (nSPS) is 19.4. The van der Waals surface area contributed by atoms with Crippen LogP contribution >= 0.6 is 12.2 Å². The molecule has 0 bridgehead atoms. The zero-order valence-electron chi connectivity index (χ0n) is 14.7. The van der Waals surface area contributed by atoms with Crippen LogP contribution < -0.4 is 5.32 Å². The number of nitrogens with one attached hydrogen (secondary N) is 1. The molecule has 0 aromatic heterocycles. The Hall–Kier alpha value is -1.18. The molecule has 1 aromatic rings. The number of sulfone groups is 1. The molecule has 1 atom stereocenters. The Morgan fingerprint density at radius 3 is 2.46 bits per heavy atom. The Kier molecular flexibility index (Phi) is 6.60. The van der Waals surface area contributed by atoms with E-state index >= 15 is 0 Å². The second kappa shape index (κ2) is 8.27. The van der Waals surface area contributed by atoms with E-state index in [0.717, 1.165) is 25.2 Å². The highest BCUT2D eigenvalue weighted by Crippen LogP contribution is 2.20. The summed E-state index contributed by atoms with van der Waals surface area (Å²) < 4.78 is 23.7. The van der Waals surface area contributed by atoms with Crippen LogP contribution in [0.15, 0.2) is 24.3 Å². The lowest BCUT2D eigenvalue weighted by Crippen LogP contribution is -2.44. The van der Waals surface area contributed by atoms with Gasteiger partial charge in [0.2, 0.25) is 0 Å². The molecule has 0 spiro atoms. The molecule has 134 valence electrons. The van der Waals surface area contributed by atoms with Crippen LogP contribution in [0.2, 0.25) is 0 Å². The van der Waals surface area contributed by atoms with Crippen molar-refractivity contribution in [2.45, 2.75) is 25.8 Å². The molecule has 1 heterocycles. The SMILES string of the molecule is Cc1ccc(NC(=S)N(CCCN(C)C)[C@H]2CCS(=O)(=O)C2)cc1. The largest absolute Gasteiger partial charge is 0.345 e. The number of hydrogen-bond acceptors (Lipinski definition) is 4. The Balaban J connectivity index is 2.05. The zero-order valence-corrected chi connectivity index (χ0v) is 16.3. The van der Waals surface area contributed by atoms with Gasteiger partial charge in [-0.25, -0.2) is 8.42 Å². The maximum absolute atomic E-state index is 11.8. The Bertz CT molecular complexity index is 657. The lowest BCUT2D eigenvalue weighted by molar-refractivity contribution is 0.306. The van der Waals surface area contributed by atoms with Crippen molar-refractivity contribution < 1.29 is 8.42 Å². The van der Waals surface area contributed by atoms with Crippen molar-refractivity contribution in [3.63, 3.8) is 0 Å². The van der Waals surface area contributed by atoms with Gasteiger partial charge in [0.25, 0.3) is 0 Å². The van der Waals surface area contributed by atoms with Crippen LogP contribution in [0.5, 0.6) is 0 Å². The molecular weight excluding hydrogens is 342 g/mol. The molecule has 0 aliphatic carbocycles. The van der Waals surface area contributed by atoms with Crippen LogP contribution in [0.3, 0.4) is 0 Å². The van der Waals surface area contributed by atoms with Gasteiger partial charge in [-0.1, -0.05) is 17.7 Å². The van der Waals surface area contributed by atoms with Crippen molar-refractivity contribution >= 4 is 32.9 Å². The number of nitrogens with zero attached hydrogens (tertiary/aromatic N) is 2. The molecule has 1 aliphatic heterocycles. The van der Waals surface area contributed by atoms with Crippen LogP contribution in [0, 0.1) is 6.92 Å². The maximum atomic E-state index is 11.8. The van der Waals surface area contributed by atoms with Gasteiger partial charge in [-0.05, 0) is 64.8 Å². The van der Waals surface area contributed by atoms with E-state index in [9.17, 15) is 8.42 Å². The highest BCUT2D eigenvalue weighted by molar-refractivity contribution is 7.91. The number of rotatable bonds is 6. The van der Waals surface area contributed by atoms with Crippen molar-refractivity contribution in [2.75, 3.05) is 44.0 Å². The van der Waals surface area contributed by atoms with Crippen molar-refractivity contribution in [3.8, 4) is 0 Å². The third-order valence-electron chi connectivity index (χ3n) is 4.22. The quantitative estimate of drug-likeness (QED) is 0.776. The molecule has 1 N–H and O–H groups in total. The Labute approximate surface area is 150 Å². The van der Waals surface area contributed by atoms with Crippen molar-refractivity contribution in [1.29, 1.82) is 0 Å². The number of thiocarbonyl (C=S) groups is 1. The van der Waals surface area contributed by atoms with E-state index in [4.69, 9.17) is 12.2 Å². The fourth-order valence-electron chi connectivity index (χ4n) is 2.86. The summed E-state index contributed by atoms with van der Waals surface area (Å²) in [6.45, 7) is 3.75. The summed E-state index contributed by atoms with van der Waals surface area (Å²) in [5, 5.41) is 3.87. The third kappa shape index (κ3) is 5.72. The lowest BCUT2D eigenvalue weighted by atomic mass is 10.2. The van der Waals surface area contributed by atoms with Crippen LogP contribution in [0.25, 0.3) is 0 Å². The van der Waals surface area contributed by atoms with Crippen molar-refractivity contribution in [1.82, 2.24) is 9.80 Å². The standard InChI is InChI=1S/C17H27N3O2S2/c1-14-5-7-15(8-6-14)18-17(23)20(11-4-10-19(2)3)16-9-12-24(21,22)13-16/h5-8,16H,4,9-13H2,1-3H3,(H,18,23)/t16-/m0/s1. The predicted molar refractivity (Wildman–Crippen MR) is 104 cm³/mol. The molecular formula is C17H27N3O2S2. The third-order valence-corrected chi connectivity index (χ3v) is 6.30. The monoisotopic (exact) mass is 369 g/mol. The van der Waals surface area contributed by atoms with Gasteiger partial charge in [0.05, 0.1) is 11.5 Å². The predicted octanol–water partition coefficient (Wildman–Crippen LogP) is 2.13. The van der Waals surface area contributed by atoms with Gasteiger partial charge in [-0.3, -0.25) is 0 Å². The van der Waals surface area contributed by atoms with Crippen LogP contribution in [-0.2, 0) is 9.84 Å². The molecule has 24 heavy (non-hydrogen) atoms. The fraction of sp³-hybridized carbons (Fsp3) is 0.588. The van der Waals surface area contributed by atoms with Crippen LogP contribution in [0.1, 0.15) is 18.4 Å². The van der Waals surface area contributed by atoms with E-state index in [1.807, 2.05) is 45.3 Å². The number of anilines is 1. The number of benzene rings is 1. The van der Waals surface area contributed by atoms with Crippen molar-refractivity contribution in [2.24, 2.45) is 0 Å². The molecule has 1 saturated heterocycles. The van der Waals surface area contributed by atoms with E-state index in [1.165, 1.54) is 5.56 Å². The van der Waals surface area contributed by atoms with E-state index in [0.29, 0.717) is 11.5 Å². The Morgan fingerprint density at radius 1 is 1.25 bits per heavy atom. The van der Waals surface area contributed by atoms with Crippen LogP contribution in [0.4, 0.5) is 5.69 Å². The molecule has 1 fully saturated rings. The minimum absolute atomic E-state index is 0.0254. The minimum Gasteiger partial charge on any atom is -0.345 e. The molecule has 0 unspecified atom stereocenters. The molecule has 0 radical (unpaired) electrons. The van der Waals surface area contributed by atoms with E-state index in [2.05, 4.69) is 15.1 Å². The average molecular weight is 370 g/mol. The second-order valence-corrected chi connectivity index (χ2v) is 9.32. The smallest absolute Gasteiger partial charge is 0.173 e. The zero-order chi connectivity index (χ0) is 17.7. The van der Waals surface area contributed by atoms with Gasteiger partial charge in [0.1, 0.15) is 0 Å². The summed E-state index contributed by atoms with van der Waals surface area (Å²) in [5.41, 5.74) is 2.13. The first-order valence-electron chi connectivity index (χ1n) is 8.26. The summed E-state index contributed by atoms with van der Waals surface area (Å²) in [4.78, 5) is 4.18. The highest BCUT2D eigenvalue weighted by atomic mass is 32.2. The summed E-state index contributed by atoms with van der Waals surface area (Å²) >= 11 is 5.59. The molecule has 0 saturated carbocycles. The van der Waals surface area contributed by atoms with E-state index < -0.39 is 9.84 Å². The number of hydrogen-bond donors (Lipinski definition) is 1. The first-order chi connectivity index (χ1) is 11.3. The van der Waals surface area contributed by atoms with Gasteiger partial charge in [0.15, 0.2) is 14.9 Å². The fourth-order valence-corrected chi connectivity index (χ4v) is 4.95. The topological polar surface area (TPSA) is 52.6 Å². The number of aryl methyl sites for hydroxylation is 1. The molecule has 0 amide bonds. The molecule has 1 aliphatic rings. The lowest BCUT2D eigenvalue weighted by Gasteiger charge is -2.31. The Morgan fingerprint density at radius 2 is 1.92 bits per heavy atom. The summed E-state index contributed by atoms with van der Waals surface area (Å²) in [5.74, 6) is 0.458. The van der Waals surface area contributed by atoms with Gasteiger partial charge >= 0.3 is 0 Å². The van der Waals surface area contributed by atoms with Gasteiger partial charge in [-0.2, -0.15) is 0 Å². The van der Waals surface area contributed by atoms with Crippen molar-refractivity contribution in [3.05, 3.63) is 29.8 Å². The molecule has 1 aromatic carbocycles. The summed E-state index contributed by atoms with van der Waals surface area (Å²) in [6.07, 6.45) is 1.60. The summed E-state index contributed by atoms with van der Waals surface area (Å²) in [7, 11) is 1.14. The van der Waals surface area contributed by atoms with E-state index in [-0.39, 0.29) is 17.5 Å². The first-order valence-corrected chi connectivity index (χ1v) is 10.5. The maximum Gasteiger partial charge on any atom is 0.173 e. The van der Waals surface area contributed by atoms with Gasteiger partial charge < -0.3 is 15.1 Å². The van der Waals surface area contributed by atoms with Gasteiger partial charge in [-0.15, -0.1) is 0 Å². The van der Waals surface area contributed by atoms with Crippen LogP contribution in [-0.4, -0.2) is 68.1 Å². The molecule has 7 heteroatoms. The molecule has 5 nitrogen and oxygen atoms in total. The first kappa shape index (κ1) is 19.1. The average Bonchev–Trinajstić information content (AvgIpc) is 2.85. The summed E-state index contributed by atoms with van der Waals surface area (Å²) in [6, 6.07) is 8.02. The second-order valence-electron chi connectivity index (χ2n) is 6.70.